The minimum Gasteiger partial charge on any atom is -0.465 e. The van der Waals surface area contributed by atoms with E-state index < -0.39 is 0 Å². The van der Waals surface area contributed by atoms with E-state index in [9.17, 15) is 9.59 Å². The first kappa shape index (κ1) is 20.6. The van der Waals surface area contributed by atoms with Crippen LogP contribution in [0.3, 0.4) is 0 Å². The van der Waals surface area contributed by atoms with Crippen LogP contribution >= 0.6 is 0 Å². The summed E-state index contributed by atoms with van der Waals surface area (Å²) < 4.78 is 4.68. The van der Waals surface area contributed by atoms with E-state index in [4.69, 9.17) is 0 Å². The summed E-state index contributed by atoms with van der Waals surface area (Å²) in [5, 5.41) is 0. The molecule has 0 atom stereocenters. The Morgan fingerprint density at radius 1 is 0.897 bits per heavy atom. The average Bonchev–Trinajstić information content (AvgIpc) is 2.78. The number of rotatable bonds is 6. The maximum absolute atomic E-state index is 12.4. The highest BCUT2D eigenvalue weighted by molar-refractivity contribution is 5.92. The SMILES string of the molecule is COC(=O)c1ccc(/C=C/C(=O)N2CCN(C/C=C/c3ccccc3)CC2)cc1. The summed E-state index contributed by atoms with van der Waals surface area (Å²) in [5.74, 6) is -0.352. The van der Waals surface area contributed by atoms with Crippen molar-refractivity contribution < 1.29 is 14.3 Å². The van der Waals surface area contributed by atoms with Crippen molar-refractivity contribution in [2.75, 3.05) is 39.8 Å². The average molecular weight is 390 g/mol. The molecular formula is C24H26N2O3. The monoisotopic (exact) mass is 390 g/mol. The van der Waals surface area contributed by atoms with Gasteiger partial charge in [-0.2, -0.15) is 0 Å². The van der Waals surface area contributed by atoms with Gasteiger partial charge in [-0.15, -0.1) is 0 Å². The fourth-order valence-corrected chi connectivity index (χ4v) is 3.17. The largest absolute Gasteiger partial charge is 0.465 e. The van der Waals surface area contributed by atoms with E-state index in [0.29, 0.717) is 5.56 Å². The zero-order valence-electron chi connectivity index (χ0n) is 16.7. The molecule has 0 N–H and O–H groups in total. The van der Waals surface area contributed by atoms with Gasteiger partial charge in [0, 0.05) is 38.8 Å². The van der Waals surface area contributed by atoms with Crippen molar-refractivity contribution in [3.05, 3.63) is 83.4 Å². The number of piperazine rings is 1. The lowest BCUT2D eigenvalue weighted by Crippen LogP contribution is -2.48. The molecule has 150 valence electrons. The molecule has 1 aliphatic rings. The van der Waals surface area contributed by atoms with Gasteiger partial charge in [-0.05, 0) is 29.3 Å². The molecule has 1 fully saturated rings. The molecule has 3 rings (SSSR count). The summed E-state index contributed by atoms with van der Waals surface area (Å²) in [5.41, 5.74) is 2.56. The van der Waals surface area contributed by atoms with E-state index in [0.717, 1.165) is 38.3 Å². The van der Waals surface area contributed by atoms with Crippen LogP contribution in [0.25, 0.3) is 12.2 Å². The highest BCUT2D eigenvalue weighted by Gasteiger charge is 2.18. The first-order chi connectivity index (χ1) is 14.2. The van der Waals surface area contributed by atoms with Gasteiger partial charge in [0.2, 0.25) is 5.91 Å². The zero-order valence-corrected chi connectivity index (χ0v) is 16.7. The van der Waals surface area contributed by atoms with E-state index in [1.165, 1.54) is 12.7 Å². The number of methoxy groups -OCH3 is 1. The number of hydrogen-bond donors (Lipinski definition) is 0. The summed E-state index contributed by atoms with van der Waals surface area (Å²) in [7, 11) is 1.36. The molecule has 1 saturated heterocycles. The van der Waals surface area contributed by atoms with Crippen molar-refractivity contribution >= 4 is 24.0 Å². The Bertz CT molecular complexity index is 865. The van der Waals surface area contributed by atoms with Crippen molar-refractivity contribution in [1.29, 1.82) is 0 Å². The molecule has 5 nitrogen and oxygen atoms in total. The topological polar surface area (TPSA) is 49.9 Å². The number of carbonyl (C=O) groups is 2. The second-order valence-corrected chi connectivity index (χ2v) is 6.89. The number of ether oxygens (including phenoxy) is 1. The van der Waals surface area contributed by atoms with E-state index in [1.807, 2.05) is 23.1 Å². The van der Waals surface area contributed by atoms with Gasteiger partial charge in [0.1, 0.15) is 0 Å². The van der Waals surface area contributed by atoms with Crippen LogP contribution in [0.4, 0.5) is 0 Å². The summed E-state index contributed by atoms with van der Waals surface area (Å²) >= 11 is 0. The van der Waals surface area contributed by atoms with Gasteiger partial charge in [-0.3, -0.25) is 9.69 Å². The molecule has 0 bridgehead atoms. The minimum atomic E-state index is -0.368. The number of carbonyl (C=O) groups excluding carboxylic acids is 2. The Kier molecular flexibility index (Phi) is 7.36. The standard InChI is InChI=1S/C24H26N2O3/c1-29-24(28)22-12-9-21(10-13-22)11-14-23(27)26-18-16-25(17-19-26)15-5-8-20-6-3-2-4-7-20/h2-14H,15-19H2,1H3/b8-5+,14-11+. The minimum absolute atomic E-state index is 0.0153. The third kappa shape index (κ3) is 6.16. The summed E-state index contributed by atoms with van der Waals surface area (Å²) in [6.07, 6.45) is 7.67. The van der Waals surface area contributed by atoms with Gasteiger partial charge < -0.3 is 9.64 Å². The zero-order chi connectivity index (χ0) is 20.5. The van der Waals surface area contributed by atoms with Crippen LogP contribution in [0.1, 0.15) is 21.5 Å². The first-order valence-electron chi connectivity index (χ1n) is 9.75. The smallest absolute Gasteiger partial charge is 0.337 e. The van der Waals surface area contributed by atoms with Gasteiger partial charge in [0.05, 0.1) is 12.7 Å². The molecule has 0 unspecified atom stereocenters. The maximum Gasteiger partial charge on any atom is 0.337 e. The Morgan fingerprint density at radius 3 is 2.21 bits per heavy atom. The molecule has 0 saturated carbocycles. The third-order valence-electron chi connectivity index (χ3n) is 4.91. The summed E-state index contributed by atoms with van der Waals surface area (Å²) in [6, 6.07) is 17.2. The molecule has 1 heterocycles. The Labute approximate surface area is 171 Å². The second kappa shape index (κ2) is 10.4. The van der Waals surface area contributed by atoms with Crippen LogP contribution in [0.15, 0.2) is 66.7 Å². The van der Waals surface area contributed by atoms with Crippen LogP contribution < -0.4 is 0 Å². The number of benzene rings is 2. The predicted molar refractivity (Wildman–Crippen MR) is 115 cm³/mol. The van der Waals surface area contributed by atoms with Crippen molar-refractivity contribution in [3.63, 3.8) is 0 Å². The number of nitrogens with zero attached hydrogens (tertiary/aromatic N) is 2. The maximum atomic E-state index is 12.4. The molecule has 0 spiro atoms. The molecule has 0 aliphatic carbocycles. The van der Waals surface area contributed by atoms with Gasteiger partial charge in [0.25, 0.3) is 0 Å². The van der Waals surface area contributed by atoms with Crippen molar-refractivity contribution in [1.82, 2.24) is 9.80 Å². The quantitative estimate of drug-likeness (QED) is 0.561. The molecule has 1 aliphatic heterocycles. The lowest BCUT2D eigenvalue weighted by atomic mass is 10.1. The van der Waals surface area contributed by atoms with E-state index in [1.54, 1.807) is 36.4 Å². The fraction of sp³-hybridized carbons (Fsp3) is 0.250. The summed E-state index contributed by atoms with van der Waals surface area (Å²) in [4.78, 5) is 28.1. The molecule has 5 heteroatoms. The normalized spacial score (nSPS) is 15.1. The van der Waals surface area contributed by atoms with E-state index in [2.05, 4.69) is 33.9 Å². The Balaban J connectivity index is 1.44. The molecule has 1 amide bonds. The molecule has 2 aromatic rings. The first-order valence-corrected chi connectivity index (χ1v) is 9.75. The van der Waals surface area contributed by atoms with Crippen LogP contribution in [0.5, 0.6) is 0 Å². The Hall–Kier alpha value is -3.18. The summed E-state index contributed by atoms with van der Waals surface area (Å²) in [6.45, 7) is 4.08. The lowest BCUT2D eigenvalue weighted by molar-refractivity contribution is -0.127. The molecule has 2 aromatic carbocycles. The number of hydrogen-bond acceptors (Lipinski definition) is 4. The van der Waals surface area contributed by atoms with Crippen LogP contribution in [-0.2, 0) is 9.53 Å². The van der Waals surface area contributed by atoms with Gasteiger partial charge in [-0.25, -0.2) is 4.79 Å². The van der Waals surface area contributed by atoms with Crippen molar-refractivity contribution in [3.8, 4) is 0 Å². The van der Waals surface area contributed by atoms with Crippen molar-refractivity contribution in [2.45, 2.75) is 0 Å². The fourth-order valence-electron chi connectivity index (χ4n) is 3.17. The molecular weight excluding hydrogens is 364 g/mol. The van der Waals surface area contributed by atoms with E-state index in [-0.39, 0.29) is 11.9 Å². The molecule has 0 aromatic heterocycles. The predicted octanol–water partition coefficient (Wildman–Crippen LogP) is 3.34. The van der Waals surface area contributed by atoms with Crippen molar-refractivity contribution in [2.24, 2.45) is 0 Å². The highest BCUT2D eigenvalue weighted by atomic mass is 16.5. The van der Waals surface area contributed by atoms with Gasteiger partial charge in [0.15, 0.2) is 0 Å². The molecule has 29 heavy (non-hydrogen) atoms. The second-order valence-electron chi connectivity index (χ2n) is 6.89. The number of amides is 1. The van der Waals surface area contributed by atoms with E-state index >= 15 is 0 Å². The number of esters is 1. The van der Waals surface area contributed by atoms with Crippen LogP contribution in [0.2, 0.25) is 0 Å². The molecule has 0 radical (unpaired) electrons. The van der Waals surface area contributed by atoms with Crippen LogP contribution in [0, 0.1) is 0 Å². The van der Waals surface area contributed by atoms with Gasteiger partial charge >= 0.3 is 5.97 Å². The van der Waals surface area contributed by atoms with Gasteiger partial charge in [-0.1, -0.05) is 54.6 Å². The third-order valence-corrected chi connectivity index (χ3v) is 4.91. The lowest BCUT2D eigenvalue weighted by Gasteiger charge is -2.33. The Morgan fingerprint density at radius 2 is 1.55 bits per heavy atom. The van der Waals surface area contributed by atoms with Crippen LogP contribution in [-0.4, -0.2) is 61.5 Å². The highest BCUT2D eigenvalue weighted by Crippen LogP contribution is 2.09.